The molecule has 0 saturated carbocycles. The van der Waals surface area contributed by atoms with Gasteiger partial charge in [0, 0.05) is 0 Å². The zero-order chi connectivity index (χ0) is 5.21. The molecule has 38 valence electrons. The molecule has 6 heteroatoms. The Labute approximate surface area is 50.8 Å². The van der Waals surface area contributed by atoms with Gasteiger partial charge in [-0.1, -0.05) is 9.39 Å². The first-order valence-electron chi connectivity index (χ1n) is 0.980. The van der Waals surface area contributed by atoms with Gasteiger partial charge in [-0.2, -0.15) is 4.49 Å². The monoisotopic (exact) mass is 239 g/mol. The summed E-state index contributed by atoms with van der Waals surface area (Å²) in [5, 5.41) is 0. The van der Waals surface area contributed by atoms with E-state index in [-0.39, 0.29) is 0 Å². The summed E-state index contributed by atoms with van der Waals surface area (Å²) in [5.74, 6) is 0. The summed E-state index contributed by atoms with van der Waals surface area (Å²) in [6, 6.07) is 0. The smallest absolute Gasteiger partial charge is 0.201 e. The maximum Gasteiger partial charge on any atom is 0.268 e. The van der Waals surface area contributed by atoms with E-state index >= 15 is 0 Å². The third-order valence-electron chi connectivity index (χ3n) is 0.141. The van der Waals surface area contributed by atoms with Gasteiger partial charge < -0.3 is 0 Å². The summed E-state index contributed by atoms with van der Waals surface area (Å²) in [5.41, 5.74) is 0. The van der Waals surface area contributed by atoms with Gasteiger partial charge in [0.15, 0.2) is 0 Å². The van der Waals surface area contributed by atoms with E-state index in [0.717, 1.165) is 0 Å². The summed E-state index contributed by atoms with van der Waals surface area (Å²) in [6.45, 7) is 0. The Bertz CT molecular complexity index is 116. The Morgan fingerprint density at radius 1 is 1.67 bits per heavy atom. The molecule has 0 fully saturated rings. The highest BCUT2D eigenvalue weighted by Gasteiger charge is 1.92. The number of rotatable bonds is 1. The third-order valence-corrected chi connectivity index (χ3v) is 3.56. The molecule has 0 saturated heterocycles. The van der Waals surface area contributed by atoms with Crippen molar-refractivity contribution >= 4 is 37.8 Å². The Morgan fingerprint density at radius 3 is 1.83 bits per heavy atom. The van der Waals surface area contributed by atoms with E-state index < -0.39 is 7.19 Å². The van der Waals surface area contributed by atoms with E-state index in [1.54, 1.807) is 0 Å². The van der Waals surface area contributed by atoms with E-state index in [2.05, 4.69) is 0 Å². The lowest BCUT2D eigenvalue weighted by molar-refractivity contribution is 0.611. The van der Waals surface area contributed by atoms with Crippen molar-refractivity contribution < 1.29 is 8.42 Å². The van der Waals surface area contributed by atoms with Crippen molar-refractivity contribution in [1.82, 2.24) is 4.49 Å². The Balaban J connectivity index is 3.85. The van der Waals surface area contributed by atoms with Gasteiger partial charge in [-0.15, -0.1) is 0 Å². The van der Waals surface area contributed by atoms with Gasteiger partial charge in [-0.05, 0) is 0 Å². The maximum atomic E-state index is 9.85. The van der Waals surface area contributed by atoms with Crippen molar-refractivity contribution in [3.05, 3.63) is 0 Å². The van der Waals surface area contributed by atoms with Crippen LogP contribution in [0.15, 0.2) is 0 Å². The average molecular weight is 239 g/mol. The molecule has 0 heterocycles. The lowest BCUT2D eigenvalue weighted by Crippen LogP contribution is -2.00. The van der Waals surface area contributed by atoms with Crippen molar-refractivity contribution in [3.8, 4) is 0 Å². The molecule has 1 atom stereocenters. The average Bonchev–Trinajstić information content (AvgIpc) is 1.35. The lowest BCUT2D eigenvalue weighted by atomic mass is 13.9. The van der Waals surface area contributed by atoms with E-state index in [0.29, 0.717) is 0 Å². The zero-order valence-electron chi connectivity index (χ0n) is 2.68. The topological polar surface area (TPSA) is 46.2 Å². The standard InChI is InChI=1S/H3INO2PS/c1-6(3,4)2-5/h2H,5H2. The summed E-state index contributed by atoms with van der Waals surface area (Å²) in [4.78, 5) is 0. The van der Waals surface area contributed by atoms with Crippen molar-refractivity contribution in [1.29, 1.82) is 0 Å². The van der Waals surface area contributed by atoms with Gasteiger partial charge in [0.25, 0.3) is 7.19 Å². The van der Waals surface area contributed by atoms with E-state index in [1.165, 1.54) is 21.2 Å². The molecule has 0 aliphatic rings. The van der Waals surface area contributed by atoms with E-state index in [9.17, 15) is 8.42 Å². The molecule has 0 aliphatic heterocycles. The van der Waals surface area contributed by atoms with Crippen molar-refractivity contribution in [3.63, 3.8) is 0 Å². The highest BCUT2D eigenvalue weighted by Crippen LogP contribution is 1.95. The fourth-order valence-electron chi connectivity index (χ4n) is 0. The molecule has 0 rings (SSSR count). The van der Waals surface area contributed by atoms with Crippen LogP contribution in [-0.2, 0) is 7.19 Å². The summed E-state index contributed by atoms with van der Waals surface area (Å²) in [7, 11) is -1.10. The Morgan fingerprint density at radius 2 is 1.83 bits per heavy atom. The molecule has 1 N–H and O–H groups in total. The summed E-state index contributed by atoms with van der Waals surface area (Å²) < 4.78 is 21.7. The Kier molecular flexibility index (Phi) is 2.82. The molecule has 6 heavy (non-hydrogen) atoms. The van der Waals surface area contributed by atoms with Gasteiger partial charge in [0.1, 0.15) is 0 Å². The Hall–Kier alpha value is 1.07. The molecule has 0 aromatic rings. The molecule has 3 nitrogen and oxygen atoms in total. The first kappa shape index (κ1) is 7.07. The minimum absolute atomic E-state index is 1.28. The van der Waals surface area contributed by atoms with Crippen molar-refractivity contribution in [2.75, 3.05) is 0 Å². The van der Waals surface area contributed by atoms with Crippen molar-refractivity contribution in [2.45, 2.75) is 0 Å². The van der Waals surface area contributed by atoms with Gasteiger partial charge in [-0.25, -0.2) is 8.42 Å². The second kappa shape index (κ2) is 2.40. The highest BCUT2D eigenvalue weighted by molar-refractivity contribution is 14.2. The molecule has 0 amide bonds. The molecule has 0 aromatic heterocycles. The van der Waals surface area contributed by atoms with Crippen LogP contribution >= 0.6 is 30.6 Å². The molecular formula is H3INO2PS. The van der Waals surface area contributed by atoms with Crippen LogP contribution in [0.5, 0.6) is 0 Å². The maximum absolute atomic E-state index is 9.85. The minimum atomic E-state index is -2.98. The second-order valence-corrected chi connectivity index (χ2v) is 5.85. The quantitative estimate of drug-likeness (QED) is 0.399. The molecule has 1 unspecified atom stereocenters. The molecule has 0 aromatic carbocycles. The highest BCUT2D eigenvalue weighted by atomic mass is 127. The zero-order valence-corrected chi connectivity index (χ0v) is 6.81. The lowest BCUT2D eigenvalue weighted by Gasteiger charge is -1.82. The van der Waals surface area contributed by atoms with Gasteiger partial charge in [0.05, 0.1) is 21.2 Å². The van der Waals surface area contributed by atoms with Crippen LogP contribution in [0, 0.1) is 0 Å². The van der Waals surface area contributed by atoms with Crippen LogP contribution in [0.4, 0.5) is 0 Å². The summed E-state index contributed by atoms with van der Waals surface area (Å²) in [6.07, 6.45) is 0. The minimum Gasteiger partial charge on any atom is -0.201 e. The van der Waals surface area contributed by atoms with E-state index in [4.69, 9.17) is 0 Å². The number of halogens is 1. The predicted molar refractivity (Wildman–Crippen MR) is 35.8 cm³/mol. The predicted octanol–water partition coefficient (Wildman–Crippen LogP) is 0.0459. The van der Waals surface area contributed by atoms with Gasteiger partial charge >= 0.3 is 0 Å². The molecule has 0 radical (unpaired) electrons. The van der Waals surface area contributed by atoms with Crippen LogP contribution in [0.3, 0.4) is 0 Å². The third kappa shape index (κ3) is 5.07. The van der Waals surface area contributed by atoms with Gasteiger partial charge in [-0.3, -0.25) is 0 Å². The normalized spacial score (nSPS) is 11.7. The van der Waals surface area contributed by atoms with Crippen LogP contribution in [0.1, 0.15) is 0 Å². The first-order valence-corrected chi connectivity index (χ1v) is 5.58. The second-order valence-electron chi connectivity index (χ2n) is 0.556. The van der Waals surface area contributed by atoms with E-state index in [1.807, 2.05) is 13.9 Å². The molecule has 0 aliphatic carbocycles. The number of hydrogen-bond acceptors (Lipinski definition) is 2. The van der Waals surface area contributed by atoms with Crippen LogP contribution in [0.25, 0.3) is 0 Å². The number of hydrogen-bond donors (Lipinski definition) is 1. The first-order chi connectivity index (χ1) is 2.56. The van der Waals surface area contributed by atoms with Crippen LogP contribution < -0.4 is 4.49 Å². The molecular weight excluding hydrogens is 236 g/mol. The van der Waals surface area contributed by atoms with Crippen LogP contribution in [0.2, 0.25) is 0 Å². The summed E-state index contributed by atoms with van der Waals surface area (Å²) >= 11 is 1.28. The molecule has 0 bridgehead atoms. The molecule has 0 spiro atoms. The largest absolute Gasteiger partial charge is 0.268 e. The van der Waals surface area contributed by atoms with Crippen molar-refractivity contribution in [2.24, 2.45) is 0 Å². The van der Waals surface area contributed by atoms with Crippen LogP contribution in [-0.4, -0.2) is 8.42 Å². The number of nitrogens with one attached hydrogen (secondary N) is 1. The van der Waals surface area contributed by atoms with Gasteiger partial charge in [0.2, 0.25) is 0 Å². The fraction of sp³-hybridized carbons (Fsp3) is 0. The SMILES string of the molecule is O=S(=O)(I)NP. The fourth-order valence-corrected chi connectivity index (χ4v) is 0.